The van der Waals surface area contributed by atoms with Crippen molar-refractivity contribution in [3.63, 3.8) is 0 Å². The van der Waals surface area contributed by atoms with E-state index in [1.807, 2.05) is 47.4 Å². The molecule has 0 unspecified atom stereocenters. The first kappa shape index (κ1) is 19.1. The molecule has 0 atom stereocenters. The predicted molar refractivity (Wildman–Crippen MR) is 114 cm³/mol. The second-order valence-electron chi connectivity index (χ2n) is 7.39. The maximum Gasteiger partial charge on any atom is 0.253 e. The van der Waals surface area contributed by atoms with Crippen LogP contribution in [0.3, 0.4) is 0 Å². The summed E-state index contributed by atoms with van der Waals surface area (Å²) in [5.74, 6) is 0.828. The molecule has 1 saturated heterocycles. The number of likely N-dealkylation sites (tertiary alicyclic amines) is 1. The first-order valence-corrected chi connectivity index (χ1v) is 10.2. The molecule has 4 rings (SSSR count). The minimum atomic E-state index is 0.0949. The van der Waals surface area contributed by atoms with Gasteiger partial charge in [-0.1, -0.05) is 12.1 Å². The number of hydrogen-bond acceptors (Lipinski definition) is 3. The van der Waals surface area contributed by atoms with Crippen molar-refractivity contribution in [1.29, 1.82) is 5.26 Å². The van der Waals surface area contributed by atoms with Gasteiger partial charge in [0.2, 0.25) is 0 Å². The lowest BCUT2D eigenvalue weighted by Gasteiger charge is -2.26. The normalized spacial score (nSPS) is 14.0. The van der Waals surface area contributed by atoms with E-state index in [1.165, 1.54) is 6.42 Å². The van der Waals surface area contributed by atoms with Gasteiger partial charge in [-0.15, -0.1) is 0 Å². The Hall–Kier alpha value is -3.26. The van der Waals surface area contributed by atoms with Gasteiger partial charge in [-0.2, -0.15) is 5.26 Å². The van der Waals surface area contributed by atoms with Gasteiger partial charge in [0.05, 0.1) is 23.9 Å². The molecule has 0 bridgehead atoms. The van der Waals surface area contributed by atoms with Gasteiger partial charge in [-0.25, -0.2) is 0 Å². The number of fused-ring (bicyclic) bond motifs is 1. The number of ether oxygens (including phenoxy) is 1. The van der Waals surface area contributed by atoms with Crippen molar-refractivity contribution >= 4 is 16.8 Å². The van der Waals surface area contributed by atoms with E-state index in [0.717, 1.165) is 60.4 Å². The molecule has 5 nitrogen and oxygen atoms in total. The molecule has 1 aliphatic heterocycles. The number of nitriles is 1. The number of amides is 1. The Bertz CT molecular complexity index is 1080. The second kappa shape index (κ2) is 8.00. The zero-order chi connectivity index (χ0) is 20.4. The van der Waals surface area contributed by atoms with Crippen molar-refractivity contribution in [2.45, 2.75) is 32.7 Å². The van der Waals surface area contributed by atoms with Gasteiger partial charge < -0.3 is 14.2 Å². The number of aryl methyl sites for hydroxylation is 1. The molecule has 0 N–H and O–H groups in total. The van der Waals surface area contributed by atoms with Crippen molar-refractivity contribution < 1.29 is 9.53 Å². The summed E-state index contributed by atoms with van der Waals surface area (Å²) in [6, 6.07) is 15.9. The number of benzene rings is 2. The van der Waals surface area contributed by atoms with Crippen LogP contribution in [0.5, 0.6) is 5.75 Å². The van der Waals surface area contributed by atoms with Gasteiger partial charge in [0.1, 0.15) is 11.8 Å². The second-order valence-corrected chi connectivity index (χ2v) is 7.39. The third-order valence-electron chi connectivity index (χ3n) is 5.75. The number of aromatic nitrogens is 1. The Kier molecular flexibility index (Phi) is 5.26. The number of piperidine rings is 1. The SMILES string of the molecule is CCn1c(-c2ccc(C(=O)N3CCCCC3)cc2)c(C#N)c2cc(OC)ccc21. The monoisotopic (exact) mass is 387 g/mol. The molecule has 1 amide bonds. The average molecular weight is 387 g/mol. The molecule has 0 aliphatic carbocycles. The molecular formula is C24H25N3O2. The van der Waals surface area contributed by atoms with E-state index in [-0.39, 0.29) is 5.91 Å². The van der Waals surface area contributed by atoms with Crippen LogP contribution in [0, 0.1) is 11.3 Å². The fourth-order valence-electron chi connectivity index (χ4n) is 4.25. The van der Waals surface area contributed by atoms with Crippen LogP contribution in [0.2, 0.25) is 0 Å². The number of hydrogen-bond donors (Lipinski definition) is 0. The van der Waals surface area contributed by atoms with E-state index in [0.29, 0.717) is 11.1 Å². The van der Waals surface area contributed by atoms with E-state index in [1.54, 1.807) is 7.11 Å². The summed E-state index contributed by atoms with van der Waals surface area (Å²) in [5.41, 5.74) is 4.17. The first-order valence-electron chi connectivity index (χ1n) is 10.2. The Balaban J connectivity index is 1.76. The van der Waals surface area contributed by atoms with E-state index < -0.39 is 0 Å². The highest BCUT2D eigenvalue weighted by molar-refractivity contribution is 5.97. The minimum absolute atomic E-state index is 0.0949. The van der Waals surface area contributed by atoms with E-state index >= 15 is 0 Å². The number of nitrogens with zero attached hydrogens (tertiary/aromatic N) is 3. The topological polar surface area (TPSA) is 58.3 Å². The number of carbonyl (C=O) groups is 1. The average Bonchev–Trinajstić information content (AvgIpc) is 3.11. The summed E-state index contributed by atoms with van der Waals surface area (Å²) in [7, 11) is 1.63. The van der Waals surface area contributed by atoms with Crippen molar-refractivity contribution in [2.24, 2.45) is 0 Å². The van der Waals surface area contributed by atoms with Crippen LogP contribution in [-0.4, -0.2) is 35.6 Å². The lowest BCUT2D eigenvalue weighted by Crippen LogP contribution is -2.35. The van der Waals surface area contributed by atoms with Crippen LogP contribution < -0.4 is 4.74 Å². The lowest BCUT2D eigenvalue weighted by molar-refractivity contribution is 0.0724. The molecule has 29 heavy (non-hydrogen) atoms. The molecule has 0 radical (unpaired) electrons. The fraction of sp³-hybridized carbons (Fsp3) is 0.333. The summed E-state index contributed by atoms with van der Waals surface area (Å²) >= 11 is 0. The van der Waals surface area contributed by atoms with Gasteiger partial charge in [0.25, 0.3) is 5.91 Å². The van der Waals surface area contributed by atoms with Crippen LogP contribution in [0.4, 0.5) is 0 Å². The van der Waals surface area contributed by atoms with Crippen LogP contribution in [0.1, 0.15) is 42.1 Å². The van der Waals surface area contributed by atoms with Crippen LogP contribution in [0.25, 0.3) is 22.2 Å². The summed E-state index contributed by atoms with van der Waals surface area (Å²) in [6.45, 7) is 4.49. The molecule has 2 aromatic carbocycles. The maximum atomic E-state index is 12.8. The Morgan fingerprint density at radius 3 is 2.45 bits per heavy atom. The minimum Gasteiger partial charge on any atom is -0.497 e. The molecule has 0 saturated carbocycles. The van der Waals surface area contributed by atoms with Gasteiger partial charge >= 0.3 is 0 Å². The molecule has 5 heteroatoms. The zero-order valence-corrected chi connectivity index (χ0v) is 16.9. The third-order valence-corrected chi connectivity index (χ3v) is 5.75. The largest absolute Gasteiger partial charge is 0.497 e. The van der Waals surface area contributed by atoms with Gasteiger partial charge in [-0.3, -0.25) is 4.79 Å². The summed E-state index contributed by atoms with van der Waals surface area (Å²) in [5, 5.41) is 10.8. The van der Waals surface area contributed by atoms with Crippen LogP contribution in [-0.2, 0) is 6.54 Å². The number of methoxy groups -OCH3 is 1. The molecule has 148 valence electrons. The van der Waals surface area contributed by atoms with Crippen LogP contribution >= 0.6 is 0 Å². The third kappa shape index (κ3) is 3.36. The molecule has 1 aliphatic rings. The highest BCUT2D eigenvalue weighted by atomic mass is 16.5. The van der Waals surface area contributed by atoms with Crippen molar-refractivity contribution in [3.05, 3.63) is 53.6 Å². The van der Waals surface area contributed by atoms with Gasteiger partial charge in [-0.05, 0) is 62.1 Å². The van der Waals surface area contributed by atoms with E-state index in [9.17, 15) is 10.1 Å². The van der Waals surface area contributed by atoms with Crippen molar-refractivity contribution in [2.75, 3.05) is 20.2 Å². The van der Waals surface area contributed by atoms with Crippen LogP contribution in [0.15, 0.2) is 42.5 Å². The van der Waals surface area contributed by atoms with Crippen molar-refractivity contribution in [1.82, 2.24) is 9.47 Å². The van der Waals surface area contributed by atoms with Crippen molar-refractivity contribution in [3.8, 4) is 23.1 Å². The molecule has 1 aromatic heterocycles. The molecular weight excluding hydrogens is 362 g/mol. The summed E-state index contributed by atoms with van der Waals surface area (Å²) < 4.78 is 7.50. The van der Waals surface area contributed by atoms with Gasteiger partial charge in [0, 0.05) is 30.6 Å². The number of carbonyl (C=O) groups excluding carboxylic acids is 1. The number of rotatable bonds is 4. The standard InChI is InChI=1S/C24H25N3O2/c1-3-27-22-12-11-19(29-2)15-20(22)21(16-25)23(27)17-7-9-18(10-8-17)24(28)26-13-5-4-6-14-26/h7-12,15H,3-6,13-14H2,1-2H3. The summed E-state index contributed by atoms with van der Waals surface area (Å²) in [4.78, 5) is 14.7. The Labute approximate surface area is 171 Å². The van der Waals surface area contributed by atoms with E-state index in [2.05, 4.69) is 17.6 Å². The highest BCUT2D eigenvalue weighted by Crippen LogP contribution is 2.35. The lowest BCUT2D eigenvalue weighted by atomic mass is 10.0. The quantitative estimate of drug-likeness (QED) is 0.644. The summed E-state index contributed by atoms with van der Waals surface area (Å²) in [6.07, 6.45) is 3.36. The molecule has 3 aromatic rings. The smallest absolute Gasteiger partial charge is 0.253 e. The first-order chi connectivity index (χ1) is 14.2. The molecule has 1 fully saturated rings. The zero-order valence-electron chi connectivity index (χ0n) is 16.9. The Morgan fingerprint density at radius 2 is 1.83 bits per heavy atom. The maximum absolute atomic E-state index is 12.8. The van der Waals surface area contributed by atoms with E-state index in [4.69, 9.17) is 4.74 Å². The molecule has 0 spiro atoms. The highest BCUT2D eigenvalue weighted by Gasteiger charge is 2.21. The predicted octanol–water partition coefficient (Wildman–Crippen LogP) is 4.83. The fourth-order valence-corrected chi connectivity index (χ4v) is 4.25. The van der Waals surface area contributed by atoms with Gasteiger partial charge in [0.15, 0.2) is 0 Å². The molecule has 2 heterocycles. The Morgan fingerprint density at radius 1 is 1.10 bits per heavy atom.